The summed E-state index contributed by atoms with van der Waals surface area (Å²) in [6.45, 7) is 2.48. The van der Waals surface area contributed by atoms with Crippen LogP contribution in [0.2, 0.25) is 0 Å². The first-order valence-corrected chi connectivity index (χ1v) is 9.42. The predicted molar refractivity (Wildman–Crippen MR) is 105 cm³/mol. The second-order valence-corrected chi connectivity index (χ2v) is 6.92. The summed E-state index contributed by atoms with van der Waals surface area (Å²) < 4.78 is 5.04. The largest absolute Gasteiger partial charge is 0.427 e. The molecule has 0 unspecified atom stereocenters. The lowest BCUT2D eigenvalue weighted by Crippen LogP contribution is -2.46. The molecule has 3 rings (SSSR count). The minimum atomic E-state index is -0.420. The summed E-state index contributed by atoms with van der Waals surface area (Å²) in [5, 5.41) is 3.06. The number of nitrogens with one attached hydrogen (secondary N) is 1. The molecule has 1 aliphatic heterocycles. The van der Waals surface area contributed by atoms with Crippen LogP contribution in [0.5, 0.6) is 5.75 Å². The molecule has 0 bridgehead atoms. The van der Waals surface area contributed by atoms with E-state index in [2.05, 4.69) is 5.32 Å². The van der Waals surface area contributed by atoms with Gasteiger partial charge in [-0.05, 0) is 36.6 Å². The Kier molecular flexibility index (Phi) is 6.42. The van der Waals surface area contributed by atoms with E-state index in [-0.39, 0.29) is 17.9 Å². The van der Waals surface area contributed by atoms with Crippen LogP contribution in [0.1, 0.15) is 35.7 Å². The minimum Gasteiger partial charge on any atom is -0.427 e. The third-order valence-electron chi connectivity index (χ3n) is 4.70. The van der Waals surface area contributed by atoms with Crippen molar-refractivity contribution >= 4 is 17.8 Å². The van der Waals surface area contributed by atoms with E-state index in [4.69, 9.17) is 4.74 Å². The molecule has 0 radical (unpaired) electrons. The molecule has 2 aromatic carbocycles. The van der Waals surface area contributed by atoms with Crippen molar-refractivity contribution in [2.45, 2.75) is 32.2 Å². The third kappa shape index (κ3) is 5.42. The van der Waals surface area contributed by atoms with Crippen molar-refractivity contribution in [2.75, 3.05) is 13.1 Å². The molecule has 1 heterocycles. The van der Waals surface area contributed by atoms with Gasteiger partial charge >= 0.3 is 5.97 Å². The number of piperidine rings is 1. The Morgan fingerprint density at radius 2 is 1.75 bits per heavy atom. The SMILES string of the molecule is CC(=O)Oc1cccc(C(=O)N2CCC(NC(=O)Cc3ccccc3)CC2)c1. The molecule has 6 nitrogen and oxygen atoms in total. The fraction of sp³-hybridized carbons (Fsp3) is 0.318. The molecule has 0 aliphatic carbocycles. The Morgan fingerprint density at radius 1 is 1.04 bits per heavy atom. The number of rotatable bonds is 5. The highest BCUT2D eigenvalue weighted by atomic mass is 16.5. The molecular formula is C22H24N2O4. The Bertz CT molecular complexity index is 843. The molecule has 1 saturated heterocycles. The van der Waals surface area contributed by atoms with Gasteiger partial charge in [0.1, 0.15) is 5.75 Å². The van der Waals surface area contributed by atoms with Crippen molar-refractivity contribution in [3.05, 3.63) is 65.7 Å². The Hall–Kier alpha value is -3.15. The predicted octanol–water partition coefficient (Wildman–Crippen LogP) is 2.58. The minimum absolute atomic E-state index is 0.00468. The van der Waals surface area contributed by atoms with E-state index in [1.165, 1.54) is 6.92 Å². The Balaban J connectivity index is 1.50. The van der Waals surface area contributed by atoms with Gasteiger partial charge in [-0.1, -0.05) is 36.4 Å². The second-order valence-electron chi connectivity index (χ2n) is 6.92. The number of likely N-dealkylation sites (tertiary alicyclic amines) is 1. The maximum absolute atomic E-state index is 12.7. The first kappa shape index (κ1) is 19.6. The number of carbonyl (C=O) groups is 3. The Morgan fingerprint density at radius 3 is 2.43 bits per heavy atom. The van der Waals surface area contributed by atoms with Crippen LogP contribution >= 0.6 is 0 Å². The third-order valence-corrected chi connectivity index (χ3v) is 4.70. The van der Waals surface area contributed by atoms with E-state index in [9.17, 15) is 14.4 Å². The van der Waals surface area contributed by atoms with E-state index >= 15 is 0 Å². The van der Waals surface area contributed by atoms with Crippen LogP contribution in [0.15, 0.2) is 54.6 Å². The van der Waals surface area contributed by atoms with Crippen LogP contribution in [-0.4, -0.2) is 41.8 Å². The van der Waals surface area contributed by atoms with Gasteiger partial charge in [-0.15, -0.1) is 0 Å². The molecule has 1 fully saturated rings. The first-order chi connectivity index (χ1) is 13.5. The van der Waals surface area contributed by atoms with Crippen LogP contribution < -0.4 is 10.1 Å². The van der Waals surface area contributed by atoms with Crippen molar-refractivity contribution in [1.29, 1.82) is 0 Å². The molecule has 0 atom stereocenters. The lowest BCUT2D eigenvalue weighted by Gasteiger charge is -2.32. The number of ether oxygens (including phenoxy) is 1. The standard InChI is InChI=1S/C22H24N2O4/c1-16(25)28-20-9-5-8-18(15-20)22(27)24-12-10-19(11-13-24)23-21(26)14-17-6-3-2-4-7-17/h2-9,15,19H,10-14H2,1H3,(H,23,26). The molecular weight excluding hydrogens is 356 g/mol. The van der Waals surface area contributed by atoms with E-state index in [0.717, 1.165) is 18.4 Å². The first-order valence-electron chi connectivity index (χ1n) is 9.42. The molecule has 28 heavy (non-hydrogen) atoms. The number of hydrogen-bond acceptors (Lipinski definition) is 4. The molecule has 6 heteroatoms. The molecule has 0 spiro atoms. The number of amides is 2. The molecule has 146 valence electrons. The van der Waals surface area contributed by atoms with Crippen LogP contribution in [0.4, 0.5) is 0 Å². The molecule has 0 saturated carbocycles. The van der Waals surface area contributed by atoms with Gasteiger partial charge in [0.15, 0.2) is 0 Å². The van der Waals surface area contributed by atoms with Gasteiger partial charge < -0.3 is 15.0 Å². The van der Waals surface area contributed by atoms with Gasteiger partial charge in [-0.3, -0.25) is 14.4 Å². The fourth-order valence-electron chi connectivity index (χ4n) is 3.33. The number of benzene rings is 2. The van der Waals surface area contributed by atoms with Gasteiger partial charge in [-0.2, -0.15) is 0 Å². The van der Waals surface area contributed by atoms with E-state index in [1.807, 2.05) is 30.3 Å². The molecule has 2 amide bonds. The molecule has 0 aromatic heterocycles. The van der Waals surface area contributed by atoms with Crippen molar-refractivity contribution < 1.29 is 19.1 Å². The molecule has 1 N–H and O–H groups in total. The van der Waals surface area contributed by atoms with Gasteiger partial charge in [0.25, 0.3) is 5.91 Å². The normalized spacial score (nSPS) is 14.4. The highest BCUT2D eigenvalue weighted by molar-refractivity contribution is 5.94. The number of hydrogen-bond donors (Lipinski definition) is 1. The zero-order valence-corrected chi connectivity index (χ0v) is 15.9. The maximum Gasteiger partial charge on any atom is 0.308 e. The highest BCUT2D eigenvalue weighted by Crippen LogP contribution is 2.18. The van der Waals surface area contributed by atoms with Crippen molar-refractivity contribution in [1.82, 2.24) is 10.2 Å². The van der Waals surface area contributed by atoms with Gasteiger partial charge in [0.2, 0.25) is 5.91 Å². The zero-order valence-electron chi connectivity index (χ0n) is 15.9. The number of esters is 1. The zero-order chi connectivity index (χ0) is 19.9. The average molecular weight is 380 g/mol. The smallest absolute Gasteiger partial charge is 0.308 e. The van der Waals surface area contributed by atoms with Gasteiger partial charge in [0, 0.05) is 31.6 Å². The Labute approximate surface area is 164 Å². The number of nitrogens with zero attached hydrogens (tertiary/aromatic N) is 1. The van der Waals surface area contributed by atoms with E-state index in [0.29, 0.717) is 30.8 Å². The van der Waals surface area contributed by atoms with Gasteiger partial charge in [-0.25, -0.2) is 0 Å². The van der Waals surface area contributed by atoms with Crippen molar-refractivity contribution in [2.24, 2.45) is 0 Å². The monoisotopic (exact) mass is 380 g/mol. The highest BCUT2D eigenvalue weighted by Gasteiger charge is 2.24. The fourth-order valence-corrected chi connectivity index (χ4v) is 3.33. The average Bonchev–Trinajstić information content (AvgIpc) is 2.68. The maximum atomic E-state index is 12.7. The van der Waals surface area contributed by atoms with E-state index < -0.39 is 5.97 Å². The van der Waals surface area contributed by atoms with E-state index in [1.54, 1.807) is 29.2 Å². The summed E-state index contributed by atoms with van der Waals surface area (Å²) >= 11 is 0. The summed E-state index contributed by atoms with van der Waals surface area (Å²) in [4.78, 5) is 37.8. The molecule has 1 aliphatic rings. The summed E-state index contributed by atoms with van der Waals surface area (Å²) in [5.41, 5.74) is 1.48. The van der Waals surface area contributed by atoms with Crippen molar-refractivity contribution in [3.8, 4) is 5.75 Å². The quantitative estimate of drug-likeness (QED) is 0.639. The lowest BCUT2D eigenvalue weighted by molar-refractivity contribution is -0.131. The van der Waals surface area contributed by atoms with Crippen LogP contribution in [0.25, 0.3) is 0 Å². The summed E-state index contributed by atoms with van der Waals surface area (Å²) in [6, 6.07) is 16.3. The topological polar surface area (TPSA) is 75.7 Å². The summed E-state index contributed by atoms with van der Waals surface area (Å²) in [7, 11) is 0. The van der Waals surface area contributed by atoms with Crippen molar-refractivity contribution in [3.63, 3.8) is 0 Å². The number of carbonyl (C=O) groups excluding carboxylic acids is 3. The van der Waals surface area contributed by atoms with Crippen LogP contribution in [0.3, 0.4) is 0 Å². The summed E-state index contributed by atoms with van der Waals surface area (Å²) in [6.07, 6.45) is 1.80. The second kappa shape index (κ2) is 9.17. The lowest BCUT2D eigenvalue weighted by atomic mass is 10.0. The van der Waals surface area contributed by atoms with Crippen LogP contribution in [-0.2, 0) is 16.0 Å². The molecule has 2 aromatic rings. The van der Waals surface area contributed by atoms with Gasteiger partial charge in [0.05, 0.1) is 6.42 Å². The van der Waals surface area contributed by atoms with Crippen LogP contribution in [0, 0.1) is 0 Å². The summed E-state index contributed by atoms with van der Waals surface area (Å²) in [5.74, 6) is -0.147.